The molecule has 0 aliphatic carbocycles. The quantitative estimate of drug-likeness (QED) is 0.470. The Morgan fingerprint density at radius 3 is 2.64 bits per heavy atom. The summed E-state index contributed by atoms with van der Waals surface area (Å²) in [5.41, 5.74) is 1.08. The van der Waals surface area contributed by atoms with E-state index in [-0.39, 0.29) is 5.97 Å². The maximum Gasteiger partial charge on any atom is 0.315 e. The Morgan fingerprint density at radius 2 is 2.18 bits per heavy atom. The first-order valence-electron chi connectivity index (χ1n) is 3.54. The third kappa shape index (κ3) is 7.46. The van der Waals surface area contributed by atoms with Gasteiger partial charge in [-0.25, -0.2) is 0 Å². The second kappa shape index (κ2) is 6.28. The Labute approximate surface area is 72.0 Å². The van der Waals surface area contributed by atoms with E-state index in [0.717, 1.165) is 11.3 Å². The minimum absolute atomic E-state index is 0.140. The summed E-state index contributed by atoms with van der Waals surface area (Å²) in [4.78, 5) is 10.8. The van der Waals surface area contributed by atoms with Crippen molar-refractivity contribution in [3.63, 3.8) is 0 Å². The summed E-state index contributed by atoms with van der Waals surface area (Å²) in [6.45, 7) is 7.94. The van der Waals surface area contributed by atoms with Crippen LogP contribution in [0.4, 0.5) is 0 Å². The number of thioether (sulfide) groups is 1. The number of hydrogen-bond donors (Lipinski definition) is 0. The molecule has 11 heavy (non-hydrogen) atoms. The molecular weight excluding hydrogens is 160 g/mol. The lowest BCUT2D eigenvalue weighted by atomic mass is 10.4. The number of hydrogen-bond acceptors (Lipinski definition) is 3. The summed E-state index contributed by atoms with van der Waals surface area (Å²) in [5, 5.41) is 0. The van der Waals surface area contributed by atoms with E-state index >= 15 is 0 Å². The fraction of sp³-hybridized carbons (Fsp3) is 0.625. The van der Waals surface area contributed by atoms with Crippen LogP contribution in [0.5, 0.6) is 0 Å². The molecule has 0 rings (SSSR count). The zero-order valence-electron chi connectivity index (χ0n) is 7.05. The largest absolute Gasteiger partial charge is 0.465 e. The van der Waals surface area contributed by atoms with Gasteiger partial charge in [0.15, 0.2) is 0 Å². The van der Waals surface area contributed by atoms with Gasteiger partial charge in [0.2, 0.25) is 0 Å². The number of ether oxygens (including phenoxy) is 1. The molecule has 0 radical (unpaired) electrons. The summed E-state index contributed by atoms with van der Waals surface area (Å²) < 4.78 is 4.73. The van der Waals surface area contributed by atoms with E-state index in [2.05, 4.69) is 6.58 Å². The summed E-state index contributed by atoms with van der Waals surface area (Å²) in [6, 6.07) is 0. The van der Waals surface area contributed by atoms with E-state index in [4.69, 9.17) is 4.74 Å². The molecule has 0 saturated carbocycles. The van der Waals surface area contributed by atoms with Crippen molar-refractivity contribution in [3.8, 4) is 0 Å². The molecule has 0 bridgehead atoms. The molecule has 0 atom stereocenters. The van der Waals surface area contributed by atoms with Crippen LogP contribution in [0, 0.1) is 0 Å². The molecule has 0 aromatic heterocycles. The third-order valence-corrected chi connectivity index (χ3v) is 2.01. The van der Waals surface area contributed by atoms with Crippen LogP contribution in [0.3, 0.4) is 0 Å². The normalized spacial score (nSPS) is 9.27. The molecule has 0 saturated heterocycles. The molecule has 0 aromatic rings. The lowest BCUT2D eigenvalue weighted by molar-refractivity contribution is -0.139. The van der Waals surface area contributed by atoms with Crippen LogP contribution in [0.15, 0.2) is 12.2 Å². The van der Waals surface area contributed by atoms with Gasteiger partial charge in [-0.05, 0) is 13.8 Å². The van der Waals surface area contributed by atoms with Crippen molar-refractivity contribution >= 4 is 17.7 Å². The van der Waals surface area contributed by atoms with Crippen molar-refractivity contribution in [2.75, 3.05) is 18.1 Å². The van der Waals surface area contributed by atoms with Crippen LogP contribution in [0.25, 0.3) is 0 Å². The van der Waals surface area contributed by atoms with Crippen molar-refractivity contribution in [1.82, 2.24) is 0 Å². The predicted molar refractivity (Wildman–Crippen MR) is 48.8 cm³/mol. The Hall–Kier alpha value is -0.440. The zero-order valence-corrected chi connectivity index (χ0v) is 7.87. The minimum Gasteiger partial charge on any atom is -0.465 e. The Kier molecular flexibility index (Phi) is 6.03. The lowest BCUT2D eigenvalue weighted by Gasteiger charge is -2.00. The first-order valence-corrected chi connectivity index (χ1v) is 4.70. The zero-order chi connectivity index (χ0) is 8.69. The van der Waals surface area contributed by atoms with E-state index in [1.807, 2.05) is 6.92 Å². The van der Waals surface area contributed by atoms with Crippen LogP contribution in [-0.4, -0.2) is 24.1 Å². The monoisotopic (exact) mass is 174 g/mol. The summed E-state index contributed by atoms with van der Waals surface area (Å²) in [7, 11) is 0. The summed E-state index contributed by atoms with van der Waals surface area (Å²) in [6.07, 6.45) is 0. The highest BCUT2D eigenvalue weighted by Crippen LogP contribution is 2.05. The van der Waals surface area contributed by atoms with Crippen LogP contribution in [-0.2, 0) is 9.53 Å². The average Bonchev–Trinajstić information content (AvgIpc) is 1.87. The molecule has 0 aliphatic rings. The topological polar surface area (TPSA) is 26.3 Å². The number of carbonyl (C=O) groups excluding carboxylic acids is 1. The second-order valence-corrected chi connectivity index (χ2v) is 3.24. The molecule has 0 amide bonds. The van der Waals surface area contributed by atoms with Crippen LogP contribution >= 0.6 is 11.8 Å². The first-order chi connectivity index (χ1) is 5.16. The lowest BCUT2D eigenvalue weighted by Crippen LogP contribution is -2.06. The molecule has 3 heteroatoms. The standard InChI is InChI=1S/C8H14O2S/c1-4-10-8(9)6-11-5-7(2)3/h2,4-6H2,1,3H3. The van der Waals surface area contributed by atoms with Gasteiger partial charge in [0.1, 0.15) is 0 Å². The van der Waals surface area contributed by atoms with Crippen LogP contribution < -0.4 is 0 Å². The minimum atomic E-state index is -0.140. The maximum atomic E-state index is 10.8. The number of rotatable bonds is 5. The van der Waals surface area contributed by atoms with E-state index in [9.17, 15) is 4.79 Å². The Balaban J connectivity index is 3.24. The smallest absolute Gasteiger partial charge is 0.315 e. The van der Waals surface area contributed by atoms with Gasteiger partial charge in [0.25, 0.3) is 0 Å². The van der Waals surface area contributed by atoms with Gasteiger partial charge >= 0.3 is 5.97 Å². The van der Waals surface area contributed by atoms with Gasteiger partial charge < -0.3 is 4.74 Å². The van der Waals surface area contributed by atoms with Crippen LogP contribution in [0.2, 0.25) is 0 Å². The molecule has 0 aromatic carbocycles. The second-order valence-electron chi connectivity index (χ2n) is 2.25. The van der Waals surface area contributed by atoms with E-state index in [0.29, 0.717) is 12.4 Å². The fourth-order valence-electron chi connectivity index (χ4n) is 0.511. The highest BCUT2D eigenvalue weighted by atomic mass is 32.2. The average molecular weight is 174 g/mol. The SMILES string of the molecule is C=C(C)CSCC(=O)OCC. The Morgan fingerprint density at radius 1 is 1.55 bits per heavy atom. The van der Waals surface area contributed by atoms with E-state index < -0.39 is 0 Å². The van der Waals surface area contributed by atoms with Crippen molar-refractivity contribution < 1.29 is 9.53 Å². The first kappa shape index (κ1) is 10.6. The van der Waals surface area contributed by atoms with Gasteiger partial charge in [-0.15, -0.1) is 11.8 Å². The van der Waals surface area contributed by atoms with Crippen molar-refractivity contribution in [2.45, 2.75) is 13.8 Å². The van der Waals surface area contributed by atoms with Crippen molar-refractivity contribution in [3.05, 3.63) is 12.2 Å². The third-order valence-electron chi connectivity index (χ3n) is 0.874. The van der Waals surface area contributed by atoms with Gasteiger partial charge in [0, 0.05) is 5.75 Å². The van der Waals surface area contributed by atoms with E-state index in [1.54, 1.807) is 6.92 Å². The van der Waals surface area contributed by atoms with Gasteiger partial charge in [-0.3, -0.25) is 4.79 Å². The summed E-state index contributed by atoms with van der Waals surface area (Å²) in [5.74, 6) is 1.12. The molecule has 0 heterocycles. The molecule has 0 fully saturated rings. The predicted octanol–water partition coefficient (Wildman–Crippen LogP) is 1.86. The highest BCUT2D eigenvalue weighted by molar-refractivity contribution is 8.00. The van der Waals surface area contributed by atoms with Crippen molar-refractivity contribution in [2.24, 2.45) is 0 Å². The molecule has 0 spiro atoms. The van der Waals surface area contributed by atoms with E-state index in [1.165, 1.54) is 11.8 Å². The molecular formula is C8H14O2S. The summed E-state index contributed by atoms with van der Waals surface area (Å²) >= 11 is 1.54. The fourth-order valence-corrected chi connectivity index (χ4v) is 1.21. The van der Waals surface area contributed by atoms with Gasteiger partial charge in [0.05, 0.1) is 12.4 Å². The van der Waals surface area contributed by atoms with Crippen molar-refractivity contribution in [1.29, 1.82) is 0 Å². The number of esters is 1. The molecule has 64 valence electrons. The number of carbonyl (C=O) groups is 1. The van der Waals surface area contributed by atoms with Gasteiger partial charge in [-0.1, -0.05) is 12.2 Å². The molecule has 0 unspecified atom stereocenters. The molecule has 0 aliphatic heterocycles. The van der Waals surface area contributed by atoms with Crippen LogP contribution in [0.1, 0.15) is 13.8 Å². The maximum absolute atomic E-state index is 10.8. The van der Waals surface area contributed by atoms with Gasteiger partial charge in [-0.2, -0.15) is 0 Å². The molecule has 2 nitrogen and oxygen atoms in total. The highest BCUT2D eigenvalue weighted by Gasteiger charge is 2.00. The molecule has 0 N–H and O–H groups in total. The Bertz CT molecular complexity index is 143.